The van der Waals surface area contributed by atoms with E-state index in [1.165, 1.54) is 5.56 Å². The summed E-state index contributed by atoms with van der Waals surface area (Å²) in [5.41, 5.74) is 2.20. The molecule has 0 N–H and O–H groups in total. The lowest BCUT2D eigenvalue weighted by Gasteiger charge is -2.17. The van der Waals surface area contributed by atoms with Gasteiger partial charge in [0.2, 0.25) is 0 Å². The summed E-state index contributed by atoms with van der Waals surface area (Å²) in [6, 6.07) is 3.98. The van der Waals surface area contributed by atoms with E-state index in [1.807, 2.05) is 44.8 Å². The Bertz CT molecular complexity index is 478. The van der Waals surface area contributed by atoms with E-state index in [9.17, 15) is 0 Å². The third kappa shape index (κ3) is 2.97. The number of halogens is 1. The summed E-state index contributed by atoms with van der Waals surface area (Å²) in [6.07, 6.45) is 5.68. The first kappa shape index (κ1) is 11.9. The zero-order chi connectivity index (χ0) is 12.3. The monoisotopic (exact) mass is 250 g/mol. The normalized spacial score (nSPS) is 10.5. The van der Waals surface area contributed by atoms with Crippen LogP contribution in [0.3, 0.4) is 0 Å². The fourth-order valence-electron chi connectivity index (χ4n) is 1.63. The molecule has 90 valence electrons. The number of aryl methyl sites for hydroxylation is 1. The summed E-state index contributed by atoms with van der Waals surface area (Å²) < 4.78 is 1.80. The van der Waals surface area contributed by atoms with Crippen molar-refractivity contribution in [2.75, 3.05) is 11.9 Å². The Morgan fingerprint density at radius 2 is 2.12 bits per heavy atom. The second-order valence-corrected chi connectivity index (χ2v) is 4.30. The third-order valence-corrected chi connectivity index (χ3v) is 2.84. The Morgan fingerprint density at radius 1 is 1.29 bits per heavy atom. The zero-order valence-electron chi connectivity index (χ0n) is 9.97. The van der Waals surface area contributed by atoms with Gasteiger partial charge >= 0.3 is 0 Å². The van der Waals surface area contributed by atoms with Crippen molar-refractivity contribution in [3.63, 3.8) is 0 Å². The number of pyridine rings is 1. The second kappa shape index (κ2) is 5.19. The van der Waals surface area contributed by atoms with E-state index < -0.39 is 0 Å². The van der Waals surface area contributed by atoms with Crippen LogP contribution in [0.2, 0.25) is 0 Å². The first-order chi connectivity index (χ1) is 8.19. The van der Waals surface area contributed by atoms with Crippen LogP contribution in [0.25, 0.3) is 0 Å². The maximum absolute atomic E-state index is 5.73. The van der Waals surface area contributed by atoms with Gasteiger partial charge in [-0.3, -0.25) is 4.68 Å². The van der Waals surface area contributed by atoms with Crippen molar-refractivity contribution < 1.29 is 0 Å². The first-order valence-electron chi connectivity index (χ1n) is 5.38. The predicted molar refractivity (Wildman–Crippen MR) is 69.1 cm³/mol. The molecule has 0 saturated heterocycles. The van der Waals surface area contributed by atoms with Crippen molar-refractivity contribution in [2.24, 2.45) is 7.05 Å². The number of hydrogen-bond donors (Lipinski definition) is 0. The van der Waals surface area contributed by atoms with Gasteiger partial charge in [-0.15, -0.1) is 11.6 Å². The van der Waals surface area contributed by atoms with Gasteiger partial charge in [-0.2, -0.15) is 5.10 Å². The molecule has 0 aromatic carbocycles. The SMILES string of the molecule is CN(Cc1cnn(C)c1)c1ccc(CCl)cn1. The van der Waals surface area contributed by atoms with Crippen molar-refractivity contribution >= 4 is 17.4 Å². The highest BCUT2D eigenvalue weighted by atomic mass is 35.5. The zero-order valence-corrected chi connectivity index (χ0v) is 10.7. The summed E-state index contributed by atoms with van der Waals surface area (Å²) in [5.74, 6) is 1.43. The van der Waals surface area contributed by atoms with E-state index in [2.05, 4.69) is 15.0 Å². The molecule has 0 aliphatic rings. The smallest absolute Gasteiger partial charge is 0.128 e. The van der Waals surface area contributed by atoms with Gasteiger partial charge in [-0.25, -0.2) is 4.98 Å². The van der Waals surface area contributed by atoms with Crippen LogP contribution in [-0.4, -0.2) is 21.8 Å². The first-order valence-corrected chi connectivity index (χ1v) is 5.92. The molecule has 17 heavy (non-hydrogen) atoms. The molecule has 2 aromatic rings. The lowest BCUT2D eigenvalue weighted by molar-refractivity contribution is 0.766. The summed E-state index contributed by atoms with van der Waals surface area (Å²) in [6.45, 7) is 0.793. The van der Waals surface area contributed by atoms with Gasteiger partial charge in [0.1, 0.15) is 5.82 Å². The fraction of sp³-hybridized carbons (Fsp3) is 0.333. The Hall–Kier alpha value is -1.55. The number of nitrogens with zero attached hydrogens (tertiary/aromatic N) is 4. The molecule has 0 spiro atoms. The van der Waals surface area contributed by atoms with Crippen LogP contribution in [0.1, 0.15) is 11.1 Å². The van der Waals surface area contributed by atoms with E-state index in [4.69, 9.17) is 11.6 Å². The van der Waals surface area contributed by atoms with Gasteiger partial charge in [0.05, 0.1) is 6.20 Å². The molecule has 2 rings (SSSR count). The predicted octanol–water partition coefficient (Wildman–Crippen LogP) is 2.19. The lowest BCUT2D eigenvalue weighted by atomic mass is 10.3. The standard InChI is InChI=1S/C12H15ClN4/c1-16(8-11-7-15-17(2)9-11)12-4-3-10(5-13)6-14-12/h3-4,6-7,9H,5,8H2,1-2H3. The minimum atomic E-state index is 0.500. The van der Waals surface area contributed by atoms with Crippen LogP contribution in [-0.2, 0) is 19.5 Å². The van der Waals surface area contributed by atoms with Gasteiger partial charge in [0, 0.05) is 44.5 Å². The van der Waals surface area contributed by atoms with Crippen molar-refractivity contribution in [1.29, 1.82) is 0 Å². The molecule has 0 aliphatic heterocycles. The largest absolute Gasteiger partial charge is 0.355 e. The fourth-order valence-corrected chi connectivity index (χ4v) is 1.79. The van der Waals surface area contributed by atoms with Crippen molar-refractivity contribution in [3.8, 4) is 0 Å². The van der Waals surface area contributed by atoms with Gasteiger partial charge in [0.15, 0.2) is 0 Å². The van der Waals surface area contributed by atoms with E-state index in [0.29, 0.717) is 5.88 Å². The van der Waals surface area contributed by atoms with E-state index in [1.54, 1.807) is 4.68 Å². The summed E-state index contributed by atoms with van der Waals surface area (Å²) in [4.78, 5) is 6.45. The van der Waals surface area contributed by atoms with Crippen LogP contribution < -0.4 is 4.90 Å². The van der Waals surface area contributed by atoms with Crippen molar-refractivity contribution in [3.05, 3.63) is 41.9 Å². The quantitative estimate of drug-likeness (QED) is 0.780. The van der Waals surface area contributed by atoms with Crippen LogP contribution in [0.4, 0.5) is 5.82 Å². The number of aromatic nitrogens is 3. The molecular weight excluding hydrogens is 236 g/mol. The molecule has 0 amide bonds. The Morgan fingerprint density at radius 3 is 2.65 bits per heavy atom. The Balaban J connectivity index is 2.06. The van der Waals surface area contributed by atoms with Gasteiger partial charge < -0.3 is 4.90 Å². The molecule has 2 aromatic heterocycles. The van der Waals surface area contributed by atoms with Gasteiger partial charge in [-0.05, 0) is 11.6 Å². The highest BCUT2D eigenvalue weighted by Gasteiger charge is 2.04. The highest BCUT2D eigenvalue weighted by molar-refractivity contribution is 6.17. The van der Waals surface area contributed by atoms with Crippen LogP contribution in [0.15, 0.2) is 30.7 Å². The van der Waals surface area contributed by atoms with Gasteiger partial charge in [0.25, 0.3) is 0 Å². The Labute approximate surface area is 106 Å². The molecule has 0 bridgehead atoms. The molecule has 0 unspecified atom stereocenters. The number of anilines is 1. The molecule has 5 heteroatoms. The minimum Gasteiger partial charge on any atom is -0.355 e. The van der Waals surface area contributed by atoms with E-state index >= 15 is 0 Å². The minimum absolute atomic E-state index is 0.500. The molecule has 4 nitrogen and oxygen atoms in total. The number of hydrogen-bond acceptors (Lipinski definition) is 3. The third-order valence-electron chi connectivity index (χ3n) is 2.53. The van der Waals surface area contributed by atoms with Crippen LogP contribution in [0.5, 0.6) is 0 Å². The summed E-state index contributed by atoms with van der Waals surface area (Å²) in [7, 11) is 3.92. The molecule has 0 fully saturated rings. The maximum Gasteiger partial charge on any atom is 0.128 e. The molecule has 0 aliphatic carbocycles. The van der Waals surface area contributed by atoms with Crippen molar-refractivity contribution in [2.45, 2.75) is 12.4 Å². The molecule has 0 atom stereocenters. The van der Waals surface area contributed by atoms with Crippen LogP contribution >= 0.6 is 11.6 Å². The summed E-state index contributed by atoms with van der Waals surface area (Å²) >= 11 is 5.73. The molecule has 0 saturated carbocycles. The van der Waals surface area contributed by atoms with E-state index in [-0.39, 0.29) is 0 Å². The summed E-state index contributed by atoms with van der Waals surface area (Å²) in [5, 5.41) is 4.14. The molecular formula is C12H15ClN4. The number of rotatable bonds is 4. The molecule has 2 heterocycles. The van der Waals surface area contributed by atoms with Crippen molar-refractivity contribution in [1.82, 2.24) is 14.8 Å². The average molecular weight is 251 g/mol. The molecule has 0 radical (unpaired) electrons. The maximum atomic E-state index is 5.73. The van der Waals surface area contributed by atoms with Gasteiger partial charge in [-0.1, -0.05) is 6.07 Å². The average Bonchev–Trinajstić information content (AvgIpc) is 2.75. The van der Waals surface area contributed by atoms with Crippen LogP contribution in [0, 0.1) is 0 Å². The highest BCUT2D eigenvalue weighted by Crippen LogP contribution is 2.13. The number of alkyl halides is 1. The topological polar surface area (TPSA) is 34.0 Å². The second-order valence-electron chi connectivity index (χ2n) is 4.04. The lowest BCUT2D eigenvalue weighted by Crippen LogP contribution is -2.17. The Kier molecular flexibility index (Phi) is 3.64. The van der Waals surface area contributed by atoms with E-state index in [0.717, 1.165) is 17.9 Å².